The lowest BCUT2D eigenvalue weighted by Gasteiger charge is -2.31. The molecular weight excluding hydrogens is 302 g/mol. The van der Waals surface area contributed by atoms with Crippen LogP contribution in [0, 0.1) is 0 Å². The third-order valence-electron chi connectivity index (χ3n) is 3.45. The van der Waals surface area contributed by atoms with Crippen molar-refractivity contribution in [3.05, 3.63) is 35.9 Å². The van der Waals surface area contributed by atoms with Crippen molar-refractivity contribution in [2.24, 2.45) is 0 Å². The molecule has 6 nitrogen and oxygen atoms in total. The van der Waals surface area contributed by atoms with E-state index in [9.17, 15) is 13.2 Å². The molecule has 0 saturated carbocycles. The largest absolute Gasteiger partial charge is 0.337 e. The minimum atomic E-state index is -3.27. The van der Waals surface area contributed by atoms with Gasteiger partial charge in [0.05, 0.1) is 6.26 Å². The monoisotopic (exact) mass is 323 g/mol. The van der Waals surface area contributed by atoms with Gasteiger partial charge < -0.3 is 9.80 Å². The van der Waals surface area contributed by atoms with Crippen molar-refractivity contribution in [1.82, 2.24) is 9.80 Å². The summed E-state index contributed by atoms with van der Waals surface area (Å²) in [6.45, 7) is 3.28. The van der Waals surface area contributed by atoms with Gasteiger partial charge in [-0.15, -0.1) is 0 Å². The highest BCUT2D eigenvalue weighted by Gasteiger charge is 2.16. The first-order valence-electron chi connectivity index (χ1n) is 7.07. The molecule has 2 rings (SSSR count). The summed E-state index contributed by atoms with van der Waals surface area (Å²) in [6.07, 6.45) is 4.41. The second-order valence-corrected chi connectivity index (χ2v) is 7.21. The van der Waals surface area contributed by atoms with E-state index in [4.69, 9.17) is 0 Å². The predicted octanol–water partition coefficient (Wildman–Crippen LogP) is 0.845. The zero-order valence-electron chi connectivity index (χ0n) is 12.8. The number of likely N-dealkylation sites (N-methyl/N-ethyl adjacent to an activating group) is 1. The third-order valence-corrected chi connectivity index (χ3v) is 4.05. The van der Waals surface area contributed by atoms with Gasteiger partial charge in [-0.05, 0) is 30.8 Å². The Morgan fingerprint density at radius 2 is 1.73 bits per heavy atom. The summed E-state index contributed by atoms with van der Waals surface area (Å²) in [7, 11) is -1.22. The van der Waals surface area contributed by atoms with Crippen molar-refractivity contribution in [2.45, 2.75) is 0 Å². The van der Waals surface area contributed by atoms with Crippen molar-refractivity contribution < 1.29 is 13.2 Å². The van der Waals surface area contributed by atoms with Crippen LogP contribution in [0.25, 0.3) is 6.08 Å². The number of hydrogen-bond donors (Lipinski definition) is 1. The van der Waals surface area contributed by atoms with Crippen molar-refractivity contribution in [2.75, 3.05) is 44.2 Å². The Morgan fingerprint density at radius 1 is 1.14 bits per heavy atom. The van der Waals surface area contributed by atoms with Crippen LogP contribution >= 0.6 is 0 Å². The van der Waals surface area contributed by atoms with E-state index in [1.807, 2.05) is 11.9 Å². The van der Waals surface area contributed by atoms with Gasteiger partial charge in [0.25, 0.3) is 0 Å². The first-order valence-corrected chi connectivity index (χ1v) is 8.96. The lowest BCUT2D eigenvalue weighted by molar-refractivity contribution is -0.127. The van der Waals surface area contributed by atoms with E-state index in [1.54, 1.807) is 36.4 Å². The zero-order chi connectivity index (χ0) is 16.2. The molecule has 1 N–H and O–H groups in total. The fraction of sp³-hybridized carbons (Fsp3) is 0.400. The first-order chi connectivity index (χ1) is 10.3. The van der Waals surface area contributed by atoms with E-state index in [-0.39, 0.29) is 5.91 Å². The maximum atomic E-state index is 12.1. The van der Waals surface area contributed by atoms with Crippen molar-refractivity contribution in [3.63, 3.8) is 0 Å². The summed E-state index contributed by atoms with van der Waals surface area (Å²) in [6, 6.07) is 6.87. The number of amides is 1. The number of benzene rings is 1. The van der Waals surface area contributed by atoms with Gasteiger partial charge in [-0.2, -0.15) is 0 Å². The molecule has 0 bridgehead atoms. The average molecular weight is 323 g/mol. The van der Waals surface area contributed by atoms with Crippen LogP contribution in [-0.4, -0.2) is 63.6 Å². The predicted molar refractivity (Wildman–Crippen MR) is 88.0 cm³/mol. The fourth-order valence-corrected chi connectivity index (χ4v) is 2.74. The SMILES string of the molecule is CN1CCN(C(=O)/C=C/c2ccc(NS(C)(=O)=O)cc2)CC1. The Hall–Kier alpha value is -1.86. The molecule has 120 valence electrons. The number of hydrogen-bond acceptors (Lipinski definition) is 4. The fourth-order valence-electron chi connectivity index (χ4n) is 2.18. The van der Waals surface area contributed by atoms with Crippen LogP contribution in [0.4, 0.5) is 5.69 Å². The smallest absolute Gasteiger partial charge is 0.246 e. The van der Waals surface area contributed by atoms with E-state index in [1.165, 1.54) is 0 Å². The number of nitrogens with zero attached hydrogens (tertiary/aromatic N) is 2. The summed E-state index contributed by atoms with van der Waals surface area (Å²) in [5, 5.41) is 0. The number of rotatable bonds is 4. The van der Waals surface area contributed by atoms with E-state index in [0.717, 1.165) is 38.0 Å². The highest BCUT2D eigenvalue weighted by molar-refractivity contribution is 7.92. The molecule has 0 atom stereocenters. The Labute approximate surface area is 131 Å². The highest BCUT2D eigenvalue weighted by Crippen LogP contribution is 2.12. The minimum absolute atomic E-state index is 0.00596. The Balaban J connectivity index is 1.94. The summed E-state index contributed by atoms with van der Waals surface area (Å²) < 4.78 is 24.6. The van der Waals surface area contributed by atoms with Crippen LogP contribution < -0.4 is 4.72 Å². The van der Waals surface area contributed by atoms with Crippen molar-refractivity contribution in [1.29, 1.82) is 0 Å². The number of carbonyl (C=O) groups is 1. The second-order valence-electron chi connectivity index (χ2n) is 5.46. The molecule has 1 heterocycles. The van der Waals surface area contributed by atoms with Gasteiger partial charge in [0.1, 0.15) is 0 Å². The quantitative estimate of drug-likeness (QED) is 0.834. The van der Waals surface area contributed by atoms with Crippen LogP contribution in [0.1, 0.15) is 5.56 Å². The summed E-state index contributed by atoms with van der Waals surface area (Å²) >= 11 is 0. The number of carbonyl (C=O) groups excluding carboxylic acids is 1. The number of sulfonamides is 1. The molecular formula is C15H21N3O3S. The van der Waals surface area contributed by atoms with Crippen LogP contribution in [-0.2, 0) is 14.8 Å². The topological polar surface area (TPSA) is 69.7 Å². The molecule has 1 amide bonds. The molecule has 7 heteroatoms. The number of nitrogens with one attached hydrogen (secondary N) is 1. The molecule has 0 aliphatic carbocycles. The summed E-state index contributed by atoms with van der Waals surface area (Å²) in [4.78, 5) is 16.1. The summed E-state index contributed by atoms with van der Waals surface area (Å²) in [5.41, 5.74) is 1.35. The van der Waals surface area contributed by atoms with Gasteiger partial charge in [-0.25, -0.2) is 8.42 Å². The molecule has 1 aromatic rings. The molecule has 0 aromatic heterocycles. The van der Waals surface area contributed by atoms with Gasteiger partial charge in [0, 0.05) is 37.9 Å². The molecule has 1 saturated heterocycles. The maximum absolute atomic E-state index is 12.1. The maximum Gasteiger partial charge on any atom is 0.246 e. The van der Waals surface area contributed by atoms with Crippen LogP contribution in [0.15, 0.2) is 30.3 Å². The molecule has 1 aliphatic heterocycles. The molecule has 0 spiro atoms. The normalized spacial score (nSPS) is 16.9. The van der Waals surface area contributed by atoms with E-state index < -0.39 is 10.0 Å². The molecule has 22 heavy (non-hydrogen) atoms. The molecule has 0 unspecified atom stereocenters. The number of piperazine rings is 1. The standard InChI is InChI=1S/C15H21N3O3S/c1-17-9-11-18(12-10-17)15(19)8-5-13-3-6-14(7-4-13)16-22(2,20)21/h3-8,16H,9-12H2,1-2H3/b8-5+. The number of anilines is 1. The Bertz CT molecular complexity index is 645. The highest BCUT2D eigenvalue weighted by atomic mass is 32.2. The van der Waals surface area contributed by atoms with Gasteiger partial charge in [-0.3, -0.25) is 9.52 Å². The van der Waals surface area contributed by atoms with E-state index >= 15 is 0 Å². The Kier molecular flexibility index (Phi) is 5.20. The van der Waals surface area contributed by atoms with Gasteiger partial charge in [0.15, 0.2) is 0 Å². The molecule has 0 radical (unpaired) electrons. The van der Waals surface area contributed by atoms with E-state index in [2.05, 4.69) is 9.62 Å². The van der Waals surface area contributed by atoms with Crippen LogP contribution in [0.5, 0.6) is 0 Å². The molecule has 1 fully saturated rings. The van der Waals surface area contributed by atoms with Crippen LogP contribution in [0.2, 0.25) is 0 Å². The first kappa shape index (κ1) is 16.5. The van der Waals surface area contributed by atoms with Gasteiger partial charge >= 0.3 is 0 Å². The van der Waals surface area contributed by atoms with E-state index in [0.29, 0.717) is 5.69 Å². The average Bonchev–Trinajstić information content (AvgIpc) is 2.45. The van der Waals surface area contributed by atoms with Crippen molar-refractivity contribution in [3.8, 4) is 0 Å². The van der Waals surface area contributed by atoms with Crippen molar-refractivity contribution >= 4 is 27.7 Å². The Morgan fingerprint density at radius 3 is 2.27 bits per heavy atom. The zero-order valence-corrected chi connectivity index (χ0v) is 13.6. The minimum Gasteiger partial charge on any atom is -0.337 e. The third kappa shape index (κ3) is 5.16. The van der Waals surface area contributed by atoms with Gasteiger partial charge in [0.2, 0.25) is 15.9 Å². The lowest BCUT2D eigenvalue weighted by atomic mass is 10.2. The molecule has 1 aliphatic rings. The summed E-state index contributed by atoms with van der Waals surface area (Å²) in [5.74, 6) is 0.00596. The molecule has 1 aromatic carbocycles. The second kappa shape index (κ2) is 6.93. The lowest BCUT2D eigenvalue weighted by Crippen LogP contribution is -2.46. The van der Waals surface area contributed by atoms with Gasteiger partial charge in [-0.1, -0.05) is 12.1 Å². The van der Waals surface area contributed by atoms with Crippen LogP contribution in [0.3, 0.4) is 0 Å².